The topological polar surface area (TPSA) is 90.8 Å². The Morgan fingerprint density at radius 2 is 1.69 bits per heavy atom. The first-order valence-corrected chi connectivity index (χ1v) is 14.0. The molecule has 3 N–H and O–H groups in total. The van der Waals surface area contributed by atoms with Gasteiger partial charge in [-0.05, 0) is 95.6 Å². The fourth-order valence-electron chi connectivity index (χ4n) is 6.36. The lowest BCUT2D eigenvalue weighted by molar-refractivity contribution is -0.911. The Kier molecular flexibility index (Phi) is 7.45. The molecule has 3 aliphatic rings. The van der Waals surface area contributed by atoms with Crippen LogP contribution in [0.5, 0.6) is 0 Å². The number of rotatable bonds is 3. The number of primary amides is 1. The summed E-state index contributed by atoms with van der Waals surface area (Å²) in [4.78, 5) is 28.1. The lowest BCUT2D eigenvalue weighted by atomic mass is 9.76. The van der Waals surface area contributed by atoms with Crippen LogP contribution in [0, 0.1) is 11.8 Å². The number of carbonyl (C=O) groups is 2. The smallest absolute Gasteiger partial charge is 0.314 e. The van der Waals surface area contributed by atoms with E-state index in [4.69, 9.17) is 17.3 Å². The van der Waals surface area contributed by atoms with E-state index in [1.807, 2.05) is 11.0 Å². The molecule has 2 fully saturated rings. The van der Waals surface area contributed by atoms with E-state index in [1.54, 1.807) is 11.1 Å². The molecule has 0 bridgehead atoms. The minimum atomic E-state index is -0.373. The normalized spacial score (nSPS) is 21.0. The van der Waals surface area contributed by atoms with Crippen LogP contribution in [0.2, 0.25) is 5.02 Å². The summed E-state index contributed by atoms with van der Waals surface area (Å²) in [6.07, 6.45) is 7.39. The highest BCUT2D eigenvalue weighted by molar-refractivity contribution is 9.10. The fourth-order valence-corrected chi connectivity index (χ4v) is 7.02. The lowest BCUT2D eigenvalue weighted by Gasteiger charge is -2.37. The first kappa shape index (κ1) is 25.3. The maximum absolute atomic E-state index is 13.1. The highest BCUT2D eigenvalue weighted by Gasteiger charge is 2.40. The van der Waals surface area contributed by atoms with Crippen molar-refractivity contribution in [1.82, 2.24) is 9.80 Å². The van der Waals surface area contributed by atoms with Gasteiger partial charge in [0.05, 0.1) is 10.4 Å². The number of nitrogens with zero attached hydrogens (tertiary/aromatic N) is 3. The first-order chi connectivity index (χ1) is 17.3. The third-order valence-corrected chi connectivity index (χ3v) is 8.95. The summed E-state index contributed by atoms with van der Waals surface area (Å²) >= 11 is 9.89. The minimum absolute atomic E-state index is 0.0447. The van der Waals surface area contributed by atoms with E-state index in [2.05, 4.69) is 34.1 Å². The van der Waals surface area contributed by atoms with Gasteiger partial charge in [0.1, 0.15) is 0 Å². The number of carbonyl (C=O) groups excluding carboxylic acids is 2. The highest BCUT2D eigenvalue weighted by Crippen LogP contribution is 2.42. The summed E-state index contributed by atoms with van der Waals surface area (Å²) in [5.41, 5.74) is 9.94. The van der Waals surface area contributed by atoms with Crippen LogP contribution in [0.4, 0.5) is 4.79 Å². The number of likely N-dealkylation sites (tertiary alicyclic amines) is 2. The van der Waals surface area contributed by atoms with Crippen LogP contribution in [-0.4, -0.2) is 53.1 Å². The van der Waals surface area contributed by atoms with Gasteiger partial charge in [0, 0.05) is 47.9 Å². The summed E-state index contributed by atoms with van der Waals surface area (Å²) < 4.78 is 2.15. The Morgan fingerprint density at radius 1 is 1.03 bits per heavy atom. The molecule has 36 heavy (non-hydrogen) atoms. The Morgan fingerprint density at radius 3 is 2.39 bits per heavy atom. The number of aryl methyl sites for hydroxylation is 2. The summed E-state index contributed by atoms with van der Waals surface area (Å²) in [5, 5.41) is 11.7. The van der Waals surface area contributed by atoms with Gasteiger partial charge in [-0.1, -0.05) is 17.7 Å². The zero-order valence-electron chi connectivity index (χ0n) is 20.3. The van der Waals surface area contributed by atoms with Gasteiger partial charge in [-0.25, -0.2) is 4.79 Å². The van der Waals surface area contributed by atoms with Crippen LogP contribution in [0.25, 0.3) is 0 Å². The molecule has 1 aromatic heterocycles. The number of nitrogens with two attached hydrogens (primary N) is 1. The van der Waals surface area contributed by atoms with Gasteiger partial charge in [0.25, 0.3) is 0 Å². The largest absolute Gasteiger partial charge is 0.351 e. The van der Waals surface area contributed by atoms with Crippen molar-refractivity contribution in [2.24, 2.45) is 17.6 Å². The van der Waals surface area contributed by atoms with E-state index < -0.39 is 0 Å². The molecule has 3 amide bonds. The van der Waals surface area contributed by atoms with E-state index in [1.165, 1.54) is 15.9 Å². The zero-order chi connectivity index (χ0) is 25.4. The lowest BCUT2D eigenvalue weighted by Crippen LogP contribution is -2.45. The van der Waals surface area contributed by atoms with Crippen LogP contribution < -0.4 is 10.5 Å². The van der Waals surface area contributed by atoms with Crippen molar-refractivity contribution in [3.05, 3.63) is 62.3 Å². The molecule has 192 valence electrons. The molecule has 1 aromatic carbocycles. The van der Waals surface area contributed by atoms with Crippen LogP contribution >= 0.6 is 27.5 Å². The number of piperidine rings is 2. The molecule has 3 heterocycles. The number of urea groups is 1. The number of hydrogen-bond acceptors (Lipinski definition) is 3. The molecule has 1 atom stereocenters. The number of pyridine rings is 1. The summed E-state index contributed by atoms with van der Waals surface area (Å²) in [6, 6.07) is 7.87. The number of aromatic nitrogens is 1. The maximum atomic E-state index is 13.1. The molecular weight excluding hydrogens is 544 g/mol. The average Bonchev–Trinajstić information content (AvgIpc) is 3.01. The predicted octanol–water partition coefficient (Wildman–Crippen LogP) is 4.28. The van der Waals surface area contributed by atoms with Gasteiger partial charge in [-0.15, -0.1) is 0 Å². The summed E-state index contributed by atoms with van der Waals surface area (Å²) in [7, 11) is 0. The zero-order valence-corrected chi connectivity index (χ0v) is 22.7. The second-order valence-electron chi connectivity index (χ2n) is 10.4. The minimum Gasteiger partial charge on any atom is -0.351 e. The van der Waals surface area contributed by atoms with E-state index in [-0.39, 0.29) is 17.9 Å². The highest BCUT2D eigenvalue weighted by atomic mass is 79.9. The molecule has 0 radical (unpaired) electrons. The third-order valence-electron chi connectivity index (χ3n) is 8.29. The van der Waals surface area contributed by atoms with Gasteiger partial charge < -0.3 is 15.5 Å². The van der Waals surface area contributed by atoms with Gasteiger partial charge in [-0.3, -0.25) is 10.0 Å². The van der Waals surface area contributed by atoms with E-state index >= 15 is 0 Å². The second-order valence-corrected chi connectivity index (χ2v) is 11.8. The molecule has 0 saturated carbocycles. The second kappa shape index (κ2) is 10.6. The predicted molar refractivity (Wildman–Crippen MR) is 140 cm³/mol. The van der Waals surface area contributed by atoms with Crippen molar-refractivity contribution in [3.8, 4) is 0 Å². The van der Waals surface area contributed by atoms with Gasteiger partial charge in [0.15, 0.2) is 0 Å². The van der Waals surface area contributed by atoms with Crippen LogP contribution in [-0.2, 0) is 17.6 Å². The average molecular weight is 577 g/mol. The quantitative estimate of drug-likeness (QED) is 0.422. The fraction of sp³-hybridized carbons (Fsp3) is 0.519. The Labute approximate surface area is 225 Å². The molecular formula is C27H33BrClN4O3+. The van der Waals surface area contributed by atoms with Crippen LogP contribution in [0.3, 0.4) is 0 Å². The molecule has 2 aromatic rings. The molecule has 0 unspecified atom stereocenters. The van der Waals surface area contributed by atoms with Crippen molar-refractivity contribution in [1.29, 1.82) is 0 Å². The molecule has 0 spiro atoms. The molecule has 5 rings (SSSR count). The number of benzene rings is 1. The SMILES string of the molecule is NC(=O)N1CCC(CC(=O)N2CCC([C@H]3c4ccc(Cl)cc4CCc4cc(Br)c[n+](O)c43)CC2)CC1. The number of hydrogen-bond donors (Lipinski definition) is 2. The van der Waals surface area contributed by atoms with E-state index in [0.29, 0.717) is 31.3 Å². The third kappa shape index (κ3) is 5.21. The number of fused-ring (bicyclic) bond motifs is 2. The van der Waals surface area contributed by atoms with Crippen molar-refractivity contribution < 1.29 is 19.5 Å². The number of halogens is 2. The van der Waals surface area contributed by atoms with Crippen molar-refractivity contribution in [3.63, 3.8) is 0 Å². The Hall–Kier alpha value is -2.32. The molecule has 9 heteroatoms. The van der Waals surface area contributed by atoms with E-state index in [9.17, 15) is 14.8 Å². The summed E-state index contributed by atoms with van der Waals surface area (Å²) in [6.45, 7) is 2.72. The first-order valence-electron chi connectivity index (χ1n) is 12.8. The standard InChI is InChI=1S/C27H32BrClN4O3/c28-21-14-20-2-1-19-15-22(29)3-4-23(19)25(26(20)33(36)16-21)18-7-11-31(12-8-18)24(34)13-17-5-9-32(10-6-17)27(30)35/h3-4,14-18,25H,1-2,5-13H2,(H2-,30,35,36)/p+1/t25-/m0/s1. The molecule has 2 saturated heterocycles. The van der Waals surface area contributed by atoms with Gasteiger partial charge in [-0.2, -0.15) is 0 Å². The number of amides is 3. The molecule has 2 aliphatic heterocycles. The Balaban J connectivity index is 1.31. The molecule has 1 aliphatic carbocycles. The van der Waals surface area contributed by atoms with Crippen molar-refractivity contribution in [2.75, 3.05) is 26.2 Å². The van der Waals surface area contributed by atoms with E-state index in [0.717, 1.165) is 72.4 Å². The maximum Gasteiger partial charge on any atom is 0.314 e. The Bertz CT molecular complexity index is 1160. The van der Waals surface area contributed by atoms with Crippen molar-refractivity contribution in [2.45, 2.75) is 50.9 Å². The summed E-state index contributed by atoms with van der Waals surface area (Å²) in [5.74, 6) is 0.871. The monoisotopic (exact) mass is 575 g/mol. The molecule has 7 nitrogen and oxygen atoms in total. The van der Waals surface area contributed by atoms with Crippen LogP contribution in [0.1, 0.15) is 60.4 Å². The van der Waals surface area contributed by atoms with Crippen LogP contribution in [0.15, 0.2) is 34.9 Å². The van der Waals surface area contributed by atoms with Crippen molar-refractivity contribution >= 4 is 39.5 Å². The van der Waals surface area contributed by atoms with Gasteiger partial charge in [0.2, 0.25) is 17.8 Å². The van der Waals surface area contributed by atoms with Gasteiger partial charge >= 0.3 is 6.03 Å².